The first kappa shape index (κ1) is 17.8. The molecule has 1 aliphatic rings. The van der Waals surface area contributed by atoms with Gasteiger partial charge in [-0.2, -0.15) is 11.8 Å². The average molecular weight is 386 g/mol. The summed E-state index contributed by atoms with van der Waals surface area (Å²) in [5.74, 6) is 2.99. The third-order valence-corrected chi connectivity index (χ3v) is 6.42. The molecule has 1 aliphatic heterocycles. The van der Waals surface area contributed by atoms with E-state index in [0.717, 1.165) is 28.8 Å². The molecule has 0 N–H and O–H groups in total. The zero-order chi connectivity index (χ0) is 17.9. The van der Waals surface area contributed by atoms with E-state index in [1.165, 1.54) is 29.4 Å². The van der Waals surface area contributed by atoms with E-state index in [-0.39, 0.29) is 0 Å². The van der Waals surface area contributed by atoms with Crippen molar-refractivity contribution < 1.29 is 4.74 Å². The van der Waals surface area contributed by atoms with Crippen molar-refractivity contribution in [2.24, 2.45) is 0 Å². The van der Waals surface area contributed by atoms with E-state index in [4.69, 9.17) is 14.7 Å². The minimum absolute atomic E-state index is 0.447. The Kier molecular flexibility index (Phi) is 5.43. The molecular weight excluding hydrogens is 362 g/mol. The van der Waals surface area contributed by atoms with Gasteiger partial charge in [-0.05, 0) is 24.7 Å². The third-order valence-electron chi connectivity index (χ3n) is 4.83. The maximum absolute atomic E-state index is 5.32. The van der Waals surface area contributed by atoms with Crippen LogP contribution in [0.1, 0.15) is 18.7 Å². The molecule has 3 aromatic rings. The summed E-state index contributed by atoms with van der Waals surface area (Å²) in [5, 5.41) is 3.41. The molecule has 1 saturated heterocycles. The molecule has 2 aromatic heterocycles. The lowest BCUT2D eigenvalue weighted by Gasteiger charge is -2.26. The van der Waals surface area contributed by atoms with Crippen molar-refractivity contribution in [3.8, 4) is 11.1 Å². The average Bonchev–Trinajstić information content (AvgIpc) is 3.29. The van der Waals surface area contributed by atoms with Crippen LogP contribution in [0, 0.1) is 0 Å². The Balaban J connectivity index is 1.89. The van der Waals surface area contributed by atoms with E-state index in [9.17, 15) is 0 Å². The molecule has 1 aromatic carbocycles. The molecule has 0 saturated carbocycles. The van der Waals surface area contributed by atoms with Crippen LogP contribution < -0.4 is 4.90 Å². The molecule has 6 heteroatoms. The van der Waals surface area contributed by atoms with Crippen LogP contribution in [-0.2, 0) is 11.3 Å². The second-order valence-corrected chi connectivity index (χ2v) is 8.31. The fraction of sp³-hybridized carbons (Fsp3) is 0.400. The lowest BCUT2D eigenvalue weighted by Crippen LogP contribution is -2.32. The lowest BCUT2D eigenvalue weighted by atomic mass is 10.1. The van der Waals surface area contributed by atoms with Gasteiger partial charge in [0.15, 0.2) is 5.82 Å². The molecule has 1 unspecified atom stereocenters. The third kappa shape index (κ3) is 3.33. The highest BCUT2D eigenvalue weighted by molar-refractivity contribution is 7.98. The second kappa shape index (κ2) is 7.94. The molecule has 0 bridgehead atoms. The van der Waals surface area contributed by atoms with Gasteiger partial charge in [-0.15, -0.1) is 11.3 Å². The van der Waals surface area contributed by atoms with Crippen molar-refractivity contribution in [1.82, 2.24) is 9.97 Å². The number of benzene rings is 1. The maximum atomic E-state index is 5.32. The molecule has 0 spiro atoms. The molecule has 1 fully saturated rings. The normalized spacial score (nSPS) is 17.3. The smallest absolute Gasteiger partial charge is 0.158 e. The van der Waals surface area contributed by atoms with Crippen LogP contribution in [0.5, 0.6) is 0 Å². The lowest BCUT2D eigenvalue weighted by molar-refractivity contribution is 0.178. The Labute approximate surface area is 162 Å². The van der Waals surface area contributed by atoms with Gasteiger partial charge in [0.25, 0.3) is 0 Å². The minimum atomic E-state index is 0.447. The van der Waals surface area contributed by atoms with Gasteiger partial charge < -0.3 is 9.64 Å². The van der Waals surface area contributed by atoms with Crippen LogP contribution in [0.2, 0.25) is 0 Å². The number of nitrogens with zero attached hydrogens (tertiary/aromatic N) is 3. The summed E-state index contributed by atoms with van der Waals surface area (Å²) in [4.78, 5) is 13.3. The number of thiophene rings is 1. The predicted molar refractivity (Wildman–Crippen MR) is 112 cm³/mol. The number of anilines is 1. The Morgan fingerprint density at radius 2 is 2.12 bits per heavy atom. The number of rotatable bonds is 6. The monoisotopic (exact) mass is 385 g/mol. The summed E-state index contributed by atoms with van der Waals surface area (Å²) in [5.41, 5.74) is 2.46. The Bertz CT molecular complexity index is 881. The Hall–Kier alpha value is -1.63. The van der Waals surface area contributed by atoms with Crippen LogP contribution in [0.3, 0.4) is 0 Å². The van der Waals surface area contributed by atoms with E-state index >= 15 is 0 Å². The number of ether oxygens (including phenoxy) is 1. The molecule has 3 heterocycles. The van der Waals surface area contributed by atoms with E-state index in [1.807, 2.05) is 11.8 Å². The quantitative estimate of drug-likeness (QED) is 0.607. The van der Waals surface area contributed by atoms with Gasteiger partial charge in [-0.25, -0.2) is 9.97 Å². The molecule has 26 heavy (non-hydrogen) atoms. The summed E-state index contributed by atoms with van der Waals surface area (Å²) in [6.45, 7) is 1.51. The van der Waals surface area contributed by atoms with Crippen LogP contribution in [0.25, 0.3) is 21.3 Å². The van der Waals surface area contributed by atoms with Gasteiger partial charge in [0.05, 0.1) is 5.39 Å². The molecule has 0 aliphatic carbocycles. The molecule has 0 amide bonds. The minimum Gasteiger partial charge on any atom is -0.377 e. The van der Waals surface area contributed by atoms with Crippen molar-refractivity contribution in [2.75, 3.05) is 30.6 Å². The summed E-state index contributed by atoms with van der Waals surface area (Å²) in [7, 11) is 1.70. The number of hydrogen-bond donors (Lipinski definition) is 0. The van der Waals surface area contributed by atoms with Crippen molar-refractivity contribution >= 4 is 39.1 Å². The molecule has 136 valence electrons. The Morgan fingerprint density at radius 1 is 1.27 bits per heavy atom. The van der Waals surface area contributed by atoms with Crippen molar-refractivity contribution in [3.05, 3.63) is 41.5 Å². The highest BCUT2D eigenvalue weighted by atomic mass is 32.2. The van der Waals surface area contributed by atoms with Crippen LogP contribution in [0.4, 0.5) is 5.82 Å². The second-order valence-electron chi connectivity index (χ2n) is 6.54. The van der Waals surface area contributed by atoms with Crippen LogP contribution in [-0.4, -0.2) is 41.7 Å². The molecule has 1 atom stereocenters. The number of thioether (sulfide) groups is 1. The van der Waals surface area contributed by atoms with Crippen LogP contribution in [0.15, 0.2) is 35.7 Å². The predicted octanol–water partition coefficient (Wildman–Crippen LogP) is 4.84. The highest BCUT2D eigenvalue weighted by Gasteiger charge is 2.29. The topological polar surface area (TPSA) is 38.2 Å². The number of fused-ring (bicyclic) bond motifs is 1. The van der Waals surface area contributed by atoms with Crippen molar-refractivity contribution in [3.63, 3.8) is 0 Å². The fourth-order valence-corrected chi connectivity index (χ4v) is 5.37. The first-order valence-electron chi connectivity index (χ1n) is 8.90. The molecule has 0 radical (unpaired) electrons. The fourth-order valence-electron chi connectivity index (χ4n) is 3.68. The molecular formula is C20H23N3OS2. The van der Waals surface area contributed by atoms with Gasteiger partial charge >= 0.3 is 0 Å². The highest BCUT2D eigenvalue weighted by Crippen LogP contribution is 2.40. The van der Waals surface area contributed by atoms with E-state index in [2.05, 4.69) is 46.9 Å². The largest absolute Gasteiger partial charge is 0.377 e. The maximum Gasteiger partial charge on any atom is 0.158 e. The zero-order valence-corrected chi connectivity index (χ0v) is 16.8. The van der Waals surface area contributed by atoms with Crippen LogP contribution >= 0.6 is 23.1 Å². The van der Waals surface area contributed by atoms with Crippen molar-refractivity contribution in [1.29, 1.82) is 0 Å². The number of aromatic nitrogens is 2. The SMILES string of the molecule is COCc1nc(N2CCCC2CSC)c2c(-c3ccccc3)csc2n1. The van der Waals surface area contributed by atoms with Gasteiger partial charge in [-0.1, -0.05) is 30.3 Å². The summed E-state index contributed by atoms with van der Waals surface area (Å²) in [6.07, 6.45) is 4.64. The van der Waals surface area contributed by atoms with Gasteiger partial charge in [0.1, 0.15) is 17.3 Å². The van der Waals surface area contributed by atoms with E-state index in [0.29, 0.717) is 12.6 Å². The van der Waals surface area contributed by atoms with Gasteiger partial charge in [-0.3, -0.25) is 0 Å². The summed E-state index contributed by atoms with van der Waals surface area (Å²) < 4.78 is 5.32. The molecule has 4 rings (SSSR count). The number of hydrogen-bond acceptors (Lipinski definition) is 6. The van der Waals surface area contributed by atoms with Gasteiger partial charge in [0, 0.05) is 36.4 Å². The van der Waals surface area contributed by atoms with E-state index in [1.54, 1.807) is 18.4 Å². The molecule has 4 nitrogen and oxygen atoms in total. The standard InChI is InChI=1S/C20H23N3OS2/c1-24-11-17-21-19(23-10-6-9-15(23)12-25-2)18-16(13-26-20(18)22-17)14-7-4-3-5-8-14/h3-5,7-8,13,15H,6,9-12H2,1-2H3. The van der Waals surface area contributed by atoms with Crippen molar-refractivity contribution in [2.45, 2.75) is 25.5 Å². The number of methoxy groups -OCH3 is 1. The first-order valence-corrected chi connectivity index (χ1v) is 11.2. The van der Waals surface area contributed by atoms with Gasteiger partial charge in [0.2, 0.25) is 0 Å². The summed E-state index contributed by atoms with van der Waals surface area (Å²) in [6, 6.07) is 11.1. The zero-order valence-electron chi connectivity index (χ0n) is 15.1. The summed E-state index contributed by atoms with van der Waals surface area (Å²) >= 11 is 3.61. The van der Waals surface area contributed by atoms with E-state index < -0.39 is 0 Å². The first-order chi connectivity index (χ1) is 12.8. The Morgan fingerprint density at radius 3 is 2.88 bits per heavy atom.